The van der Waals surface area contributed by atoms with Crippen LogP contribution in [0.3, 0.4) is 0 Å². The van der Waals surface area contributed by atoms with Crippen LogP contribution in [-0.2, 0) is 0 Å². The molecule has 0 spiro atoms. The third-order valence-electron chi connectivity index (χ3n) is 4.71. The molecule has 0 aliphatic carbocycles. The van der Waals surface area contributed by atoms with Crippen LogP contribution in [0.1, 0.15) is 111 Å². The van der Waals surface area contributed by atoms with Crippen molar-refractivity contribution < 1.29 is 0 Å². The highest BCUT2D eigenvalue weighted by molar-refractivity contribution is 7.80. The van der Waals surface area contributed by atoms with E-state index in [9.17, 15) is 0 Å². The van der Waals surface area contributed by atoms with E-state index < -0.39 is 0 Å². The zero-order valence-corrected chi connectivity index (χ0v) is 18.4. The molecule has 0 rings (SSSR count). The van der Waals surface area contributed by atoms with Gasteiger partial charge in [0.1, 0.15) is 0 Å². The minimum atomic E-state index is 0.611. The summed E-state index contributed by atoms with van der Waals surface area (Å²) in [5.41, 5.74) is 3.96. The number of hydrogen-bond donors (Lipinski definition) is 2. The molecule has 0 fully saturated rings. The second kappa shape index (κ2) is 20.4. The number of thiocarbonyl (C=S) groups is 1. The molecule has 152 valence electrons. The number of hydrogen-bond acceptors (Lipinski definition) is 2. The van der Waals surface area contributed by atoms with E-state index in [0.29, 0.717) is 5.11 Å². The predicted octanol–water partition coefficient (Wildman–Crippen LogP) is 6.88. The van der Waals surface area contributed by atoms with Crippen molar-refractivity contribution in [2.24, 2.45) is 5.10 Å². The first-order valence-electron chi connectivity index (χ1n) is 10.9. The SMILES string of the molecule is CC=C(C)C=NNC(=S)NCCCCCCCCCCCCCCCC. The second-order valence-corrected chi connectivity index (χ2v) is 7.66. The highest BCUT2D eigenvalue weighted by Crippen LogP contribution is 2.12. The summed E-state index contributed by atoms with van der Waals surface area (Å²) in [6.45, 7) is 7.22. The minimum absolute atomic E-state index is 0.611. The average Bonchev–Trinajstić information content (AvgIpc) is 2.64. The molecule has 0 bridgehead atoms. The molecule has 0 amide bonds. The molecular formula is C22H43N3S. The Hall–Kier alpha value is -0.900. The van der Waals surface area contributed by atoms with E-state index in [1.807, 2.05) is 19.9 Å². The van der Waals surface area contributed by atoms with Gasteiger partial charge in [-0.3, -0.25) is 5.43 Å². The molecule has 0 unspecified atom stereocenters. The lowest BCUT2D eigenvalue weighted by Crippen LogP contribution is -2.32. The van der Waals surface area contributed by atoms with Gasteiger partial charge in [0.05, 0.1) is 0 Å². The Morgan fingerprint density at radius 3 is 1.73 bits per heavy atom. The molecular weight excluding hydrogens is 338 g/mol. The normalized spacial score (nSPS) is 11.9. The van der Waals surface area contributed by atoms with Crippen LogP contribution in [0, 0.1) is 0 Å². The molecule has 26 heavy (non-hydrogen) atoms. The summed E-state index contributed by atoms with van der Waals surface area (Å²) in [6.07, 6.45) is 23.2. The molecule has 2 N–H and O–H groups in total. The molecule has 0 aromatic heterocycles. The largest absolute Gasteiger partial charge is 0.361 e. The van der Waals surface area contributed by atoms with Crippen LogP contribution in [0.25, 0.3) is 0 Å². The summed E-state index contributed by atoms with van der Waals surface area (Å²) in [7, 11) is 0. The maximum absolute atomic E-state index is 5.19. The average molecular weight is 382 g/mol. The molecule has 0 aliphatic rings. The standard InChI is InChI=1S/C22H43N3S/c1-4-6-7-8-9-10-11-12-13-14-15-16-17-18-19-23-22(26)25-24-20-21(3)5-2/h5,20H,4,6-19H2,1-3H3,(H2,23,25,26). The lowest BCUT2D eigenvalue weighted by Gasteiger charge is -2.07. The summed E-state index contributed by atoms with van der Waals surface area (Å²) in [4.78, 5) is 0. The first kappa shape index (κ1) is 25.1. The highest BCUT2D eigenvalue weighted by Gasteiger charge is 1.95. The first-order chi connectivity index (χ1) is 12.7. The van der Waals surface area contributed by atoms with E-state index in [1.165, 1.54) is 89.9 Å². The van der Waals surface area contributed by atoms with Crippen LogP contribution in [0.5, 0.6) is 0 Å². The lowest BCUT2D eigenvalue weighted by molar-refractivity contribution is 0.535. The zero-order chi connectivity index (χ0) is 19.3. The van der Waals surface area contributed by atoms with Crippen LogP contribution in [0.2, 0.25) is 0 Å². The van der Waals surface area contributed by atoms with Crippen molar-refractivity contribution in [2.45, 2.75) is 111 Å². The molecule has 0 aliphatic heterocycles. The molecule has 0 radical (unpaired) electrons. The molecule has 4 heteroatoms. The van der Waals surface area contributed by atoms with Crippen molar-refractivity contribution in [3.63, 3.8) is 0 Å². The van der Waals surface area contributed by atoms with Crippen molar-refractivity contribution in [1.29, 1.82) is 0 Å². The Morgan fingerprint density at radius 2 is 1.27 bits per heavy atom. The topological polar surface area (TPSA) is 36.4 Å². The van der Waals surface area contributed by atoms with E-state index in [0.717, 1.165) is 12.1 Å². The Bertz CT molecular complexity index is 378. The van der Waals surface area contributed by atoms with Gasteiger partial charge in [0.15, 0.2) is 5.11 Å². The lowest BCUT2D eigenvalue weighted by atomic mass is 10.0. The second-order valence-electron chi connectivity index (χ2n) is 7.25. The fourth-order valence-corrected chi connectivity index (χ4v) is 2.98. The summed E-state index contributed by atoms with van der Waals surface area (Å²) >= 11 is 5.19. The van der Waals surface area contributed by atoms with E-state index in [4.69, 9.17) is 12.2 Å². The van der Waals surface area contributed by atoms with Gasteiger partial charge in [0, 0.05) is 12.8 Å². The number of rotatable bonds is 17. The van der Waals surface area contributed by atoms with Gasteiger partial charge in [-0.25, -0.2) is 0 Å². The third-order valence-corrected chi connectivity index (χ3v) is 4.94. The van der Waals surface area contributed by atoms with Gasteiger partial charge in [-0.05, 0) is 38.1 Å². The van der Waals surface area contributed by atoms with E-state index in [-0.39, 0.29) is 0 Å². The number of unbranched alkanes of at least 4 members (excludes halogenated alkanes) is 13. The van der Waals surface area contributed by atoms with Crippen LogP contribution < -0.4 is 10.7 Å². The molecule has 0 saturated carbocycles. The van der Waals surface area contributed by atoms with Crippen LogP contribution >= 0.6 is 12.2 Å². The predicted molar refractivity (Wildman–Crippen MR) is 122 cm³/mol. The molecule has 0 aromatic carbocycles. The molecule has 3 nitrogen and oxygen atoms in total. The van der Waals surface area contributed by atoms with Crippen molar-refractivity contribution in [2.75, 3.05) is 6.54 Å². The summed E-state index contributed by atoms with van der Waals surface area (Å²) in [5, 5.41) is 7.90. The van der Waals surface area contributed by atoms with Crippen molar-refractivity contribution >= 4 is 23.5 Å². The van der Waals surface area contributed by atoms with Gasteiger partial charge in [-0.1, -0.05) is 96.5 Å². The summed E-state index contributed by atoms with van der Waals surface area (Å²) in [5.74, 6) is 0. The maximum Gasteiger partial charge on any atom is 0.186 e. The molecule has 0 heterocycles. The molecule has 0 aromatic rings. The molecule has 0 saturated heterocycles. The fraction of sp³-hybridized carbons (Fsp3) is 0.818. The number of allylic oxidation sites excluding steroid dienone is 2. The Morgan fingerprint density at radius 1 is 0.808 bits per heavy atom. The van der Waals surface area contributed by atoms with Gasteiger partial charge in [-0.15, -0.1) is 0 Å². The van der Waals surface area contributed by atoms with Crippen molar-refractivity contribution in [1.82, 2.24) is 10.7 Å². The Kier molecular flexibility index (Phi) is 19.7. The maximum atomic E-state index is 5.19. The van der Waals surface area contributed by atoms with Crippen LogP contribution in [0.15, 0.2) is 16.8 Å². The van der Waals surface area contributed by atoms with Gasteiger partial charge in [0.25, 0.3) is 0 Å². The summed E-state index contributed by atoms with van der Waals surface area (Å²) in [6, 6.07) is 0. The Balaban J connectivity index is 3.22. The quantitative estimate of drug-likeness (QED) is 0.125. The minimum Gasteiger partial charge on any atom is -0.361 e. The fourth-order valence-electron chi connectivity index (χ4n) is 2.83. The first-order valence-corrected chi connectivity index (χ1v) is 11.3. The van der Waals surface area contributed by atoms with E-state index >= 15 is 0 Å². The van der Waals surface area contributed by atoms with Gasteiger partial charge in [-0.2, -0.15) is 5.10 Å². The van der Waals surface area contributed by atoms with Crippen molar-refractivity contribution in [3.05, 3.63) is 11.6 Å². The van der Waals surface area contributed by atoms with Gasteiger partial charge < -0.3 is 5.32 Å². The Labute approximate surface area is 168 Å². The monoisotopic (exact) mass is 381 g/mol. The zero-order valence-electron chi connectivity index (χ0n) is 17.6. The van der Waals surface area contributed by atoms with Gasteiger partial charge in [0.2, 0.25) is 0 Å². The summed E-state index contributed by atoms with van der Waals surface area (Å²) < 4.78 is 0. The third kappa shape index (κ3) is 19.4. The highest BCUT2D eigenvalue weighted by atomic mass is 32.1. The van der Waals surface area contributed by atoms with E-state index in [2.05, 4.69) is 22.8 Å². The van der Waals surface area contributed by atoms with Crippen molar-refractivity contribution in [3.8, 4) is 0 Å². The smallest absolute Gasteiger partial charge is 0.186 e. The van der Waals surface area contributed by atoms with Crippen LogP contribution in [-0.4, -0.2) is 17.9 Å². The van der Waals surface area contributed by atoms with E-state index in [1.54, 1.807) is 6.21 Å². The number of nitrogens with zero attached hydrogens (tertiary/aromatic N) is 1. The van der Waals surface area contributed by atoms with Gasteiger partial charge >= 0.3 is 0 Å². The number of nitrogens with one attached hydrogen (secondary N) is 2. The molecule has 0 atom stereocenters. The number of hydrazone groups is 1. The van der Waals surface area contributed by atoms with Crippen LogP contribution in [0.4, 0.5) is 0 Å².